The average molecular weight is 672 g/mol. The van der Waals surface area contributed by atoms with Gasteiger partial charge in [0, 0.05) is 30.9 Å². The van der Waals surface area contributed by atoms with Crippen LogP contribution in [0.15, 0.2) is 35.7 Å². The van der Waals surface area contributed by atoms with Crippen LogP contribution >= 0.6 is 11.3 Å². The largest absolute Gasteiger partial charge is 0.481 e. The zero-order valence-corrected chi connectivity index (χ0v) is 29.6. The van der Waals surface area contributed by atoms with E-state index in [-0.39, 0.29) is 54.3 Å². The zero-order chi connectivity index (χ0) is 34.8. The lowest BCUT2D eigenvalue weighted by atomic mass is 9.94. The molecule has 3 amide bonds. The number of amides is 3. The Labute approximate surface area is 283 Å². The van der Waals surface area contributed by atoms with E-state index in [0.717, 1.165) is 42.7 Å². The smallest absolute Gasteiger partial charge is 0.306 e. The molecule has 1 fully saturated rings. The van der Waals surface area contributed by atoms with Crippen LogP contribution < -0.4 is 10.6 Å². The number of thiazole rings is 1. The Hall–Kier alpha value is -3.35. The summed E-state index contributed by atoms with van der Waals surface area (Å²) in [4.78, 5) is 59.9. The number of nitrogens with one attached hydrogen (secondary N) is 2. The number of aromatic nitrogens is 1. The van der Waals surface area contributed by atoms with Crippen molar-refractivity contribution in [3.05, 3.63) is 52.0 Å². The maximum absolute atomic E-state index is 13.8. The van der Waals surface area contributed by atoms with E-state index in [0.29, 0.717) is 11.4 Å². The molecular formula is C35H53N5O6S. The Balaban J connectivity index is 1.68. The van der Waals surface area contributed by atoms with Gasteiger partial charge in [-0.2, -0.15) is 0 Å². The Morgan fingerprint density at radius 2 is 1.70 bits per heavy atom. The van der Waals surface area contributed by atoms with Crippen LogP contribution in [0.25, 0.3) is 0 Å². The molecule has 4 N–H and O–H groups in total. The lowest BCUT2D eigenvalue weighted by Crippen LogP contribution is -2.57. The monoisotopic (exact) mass is 671 g/mol. The maximum atomic E-state index is 13.8. The number of carbonyl (C=O) groups is 4. The van der Waals surface area contributed by atoms with E-state index in [9.17, 15) is 29.4 Å². The minimum Gasteiger partial charge on any atom is -0.481 e. The molecule has 0 saturated carbocycles. The standard InChI is InChI=1S/C35H53N5O6S/c1-21(2)28(40(7)34(44)30(22(3)4)38-32(43)27-15-11-12-16-39(27)6)19-29(41)33-37-26(20-47-33)31(42)36-25(17-23(5)35(45)46)18-24-13-9-8-10-14-24/h8-10,13-14,20-23,25,27-30,41H,11-12,15-19H2,1-7H3,(H,36,42)(H,38,43)(H,45,46)/t23?,25?,27-,28?,29?,30?/m1/s1. The molecular weight excluding hydrogens is 618 g/mol. The van der Waals surface area contributed by atoms with E-state index < -0.39 is 36.0 Å². The Kier molecular flexibility index (Phi) is 14.4. The summed E-state index contributed by atoms with van der Waals surface area (Å²) in [6.45, 7) is 10.2. The second-order valence-electron chi connectivity index (χ2n) is 13.6. The minimum absolute atomic E-state index is 0.00991. The number of aliphatic carboxylic acids is 1. The van der Waals surface area contributed by atoms with Crippen LogP contribution in [-0.4, -0.2) is 93.5 Å². The molecule has 2 aromatic rings. The van der Waals surface area contributed by atoms with E-state index in [4.69, 9.17) is 0 Å². The summed E-state index contributed by atoms with van der Waals surface area (Å²) < 4.78 is 0. The van der Waals surface area contributed by atoms with Crippen LogP contribution in [-0.2, 0) is 20.8 Å². The number of likely N-dealkylation sites (tertiary alicyclic amines) is 1. The minimum atomic E-state index is -1.03. The van der Waals surface area contributed by atoms with Crippen LogP contribution in [0.3, 0.4) is 0 Å². The first kappa shape index (κ1) is 38.1. The van der Waals surface area contributed by atoms with E-state index in [1.807, 2.05) is 70.0 Å². The number of hydrogen-bond donors (Lipinski definition) is 4. The summed E-state index contributed by atoms with van der Waals surface area (Å²) in [7, 11) is 3.65. The number of nitrogens with zero attached hydrogens (tertiary/aromatic N) is 3. The lowest BCUT2D eigenvalue weighted by Gasteiger charge is -2.37. The van der Waals surface area contributed by atoms with Crippen LogP contribution in [0.2, 0.25) is 0 Å². The molecule has 260 valence electrons. The number of hydrogen-bond acceptors (Lipinski definition) is 8. The fourth-order valence-electron chi connectivity index (χ4n) is 6.18. The van der Waals surface area contributed by atoms with Crippen molar-refractivity contribution < 1.29 is 29.4 Å². The van der Waals surface area contributed by atoms with Crippen molar-refractivity contribution in [2.75, 3.05) is 20.6 Å². The van der Waals surface area contributed by atoms with Crippen LogP contribution in [0.1, 0.15) is 93.9 Å². The maximum Gasteiger partial charge on any atom is 0.306 e. The molecule has 0 aliphatic carbocycles. The number of benzene rings is 1. The van der Waals surface area contributed by atoms with Gasteiger partial charge in [0.05, 0.1) is 12.0 Å². The predicted molar refractivity (Wildman–Crippen MR) is 183 cm³/mol. The van der Waals surface area contributed by atoms with Crippen LogP contribution in [0, 0.1) is 17.8 Å². The number of carboxylic acid groups (broad SMARTS) is 1. The number of likely N-dealkylation sites (N-methyl/N-ethyl adjacent to an activating group) is 2. The highest BCUT2D eigenvalue weighted by molar-refractivity contribution is 7.09. The molecule has 1 aliphatic rings. The number of carboxylic acids is 1. The third kappa shape index (κ3) is 10.8. The number of piperidine rings is 1. The molecule has 1 aliphatic heterocycles. The first-order chi connectivity index (χ1) is 22.2. The van der Waals surface area contributed by atoms with Gasteiger partial charge in [0.2, 0.25) is 11.8 Å². The molecule has 2 heterocycles. The van der Waals surface area contributed by atoms with Gasteiger partial charge < -0.3 is 25.7 Å². The van der Waals surface area contributed by atoms with Crippen molar-refractivity contribution in [1.82, 2.24) is 25.4 Å². The molecule has 11 nitrogen and oxygen atoms in total. The summed E-state index contributed by atoms with van der Waals surface area (Å²) in [6.07, 6.45) is 2.69. The SMILES string of the molecule is CC(CC(Cc1ccccc1)NC(=O)c1csc(C(O)CC(C(C)C)N(C)C(=O)C(NC(=O)[C@H]2CCCCN2C)C(C)C)n1)C(=O)O. The Bertz CT molecular complexity index is 1330. The van der Waals surface area contributed by atoms with E-state index >= 15 is 0 Å². The van der Waals surface area contributed by atoms with Gasteiger partial charge in [-0.1, -0.05) is 71.4 Å². The third-order valence-corrected chi connectivity index (χ3v) is 10.1. The fraction of sp³-hybridized carbons (Fsp3) is 0.629. The van der Waals surface area contributed by atoms with Crippen molar-refractivity contribution >= 4 is 35.0 Å². The first-order valence-electron chi connectivity index (χ1n) is 16.7. The molecule has 1 saturated heterocycles. The van der Waals surface area contributed by atoms with Gasteiger partial charge in [0.25, 0.3) is 5.91 Å². The van der Waals surface area contributed by atoms with Crippen LogP contribution in [0.5, 0.6) is 0 Å². The van der Waals surface area contributed by atoms with E-state index in [1.54, 1.807) is 24.3 Å². The number of rotatable bonds is 16. The molecule has 1 aromatic heterocycles. The Morgan fingerprint density at radius 1 is 1.02 bits per heavy atom. The van der Waals surface area contributed by atoms with Gasteiger partial charge in [-0.25, -0.2) is 4.98 Å². The molecule has 6 atom stereocenters. The second kappa shape index (κ2) is 17.7. The quantitative estimate of drug-likeness (QED) is 0.208. The highest BCUT2D eigenvalue weighted by atomic mass is 32.1. The van der Waals surface area contributed by atoms with Gasteiger partial charge in [-0.05, 0) is 56.7 Å². The first-order valence-corrected chi connectivity index (χ1v) is 17.6. The summed E-state index contributed by atoms with van der Waals surface area (Å²) in [6, 6.07) is 7.81. The average Bonchev–Trinajstić information content (AvgIpc) is 3.53. The lowest BCUT2D eigenvalue weighted by molar-refractivity contribution is -0.141. The van der Waals surface area contributed by atoms with Crippen molar-refractivity contribution in [2.24, 2.45) is 17.8 Å². The van der Waals surface area contributed by atoms with Gasteiger partial charge >= 0.3 is 5.97 Å². The van der Waals surface area contributed by atoms with Gasteiger partial charge in [-0.3, -0.25) is 24.1 Å². The van der Waals surface area contributed by atoms with Gasteiger partial charge in [0.1, 0.15) is 22.8 Å². The highest BCUT2D eigenvalue weighted by Gasteiger charge is 2.36. The van der Waals surface area contributed by atoms with Crippen molar-refractivity contribution in [1.29, 1.82) is 0 Å². The van der Waals surface area contributed by atoms with Gasteiger partial charge in [-0.15, -0.1) is 11.3 Å². The summed E-state index contributed by atoms with van der Waals surface area (Å²) >= 11 is 1.16. The van der Waals surface area contributed by atoms with Gasteiger partial charge in [0.15, 0.2) is 0 Å². The second-order valence-corrected chi connectivity index (χ2v) is 14.5. The molecule has 1 aromatic carbocycles. The molecule has 0 bridgehead atoms. The van der Waals surface area contributed by atoms with E-state index in [2.05, 4.69) is 15.6 Å². The molecule has 3 rings (SSSR count). The van der Waals surface area contributed by atoms with Crippen molar-refractivity contribution in [3.8, 4) is 0 Å². The van der Waals surface area contributed by atoms with Crippen molar-refractivity contribution in [2.45, 2.75) is 103 Å². The zero-order valence-electron chi connectivity index (χ0n) is 28.8. The number of carbonyl (C=O) groups excluding carboxylic acids is 3. The molecule has 0 spiro atoms. The van der Waals surface area contributed by atoms with Crippen LogP contribution in [0.4, 0.5) is 0 Å². The summed E-state index contributed by atoms with van der Waals surface area (Å²) in [5.41, 5.74) is 1.12. The topological polar surface area (TPSA) is 152 Å². The van der Waals surface area contributed by atoms with E-state index in [1.165, 1.54) is 0 Å². The number of aliphatic hydroxyl groups is 1. The number of aliphatic hydroxyl groups excluding tert-OH is 1. The summed E-state index contributed by atoms with van der Waals surface area (Å²) in [5, 5.41) is 28.6. The third-order valence-electron chi connectivity index (χ3n) is 9.14. The van der Waals surface area contributed by atoms with Crippen molar-refractivity contribution in [3.63, 3.8) is 0 Å². The molecule has 12 heteroatoms. The molecule has 5 unspecified atom stereocenters. The Morgan fingerprint density at radius 3 is 2.30 bits per heavy atom. The normalized spacial score (nSPS) is 18.6. The molecule has 47 heavy (non-hydrogen) atoms. The highest BCUT2D eigenvalue weighted by Crippen LogP contribution is 2.28. The molecule has 0 radical (unpaired) electrons. The summed E-state index contributed by atoms with van der Waals surface area (Å²) in [5.74, 6) is -2.51. The predicted octanol–water partition coefficient (Wildman–Crippen LogP) is 4.13. The fourth-order valence-corrected chi connectivity index (χ4v) is 6.98.